The average Bonchev–Trinajstić information content (AvgIpc) is 1.80. The third kappa shape index (κ3) is 2.09. The van der Waals surface area contributed by atoms with E-state index in [9.17, 15) is 5.11 Å². The first-order valence-corrected chi connectivity index (χ1v) is 4.19. The maximum atomic E-state index is 9.78. The molecule has 0 radical (unpaired) electrons. The predicted molar refractivity (Wildman–Crippen MR) is 47.3 cm³/mol. The van der Waals surface area contributed by atoms with Gasteiger partial charge in [-0.25, -0.2) is 0 Å². The van der Waals surface area contributed by atoms with Gasteiger partial charge in [-0.3, -0.25) is 0 Å². The van der Waals surface area contributed by atoms with Crippen molar-refractivity contribution in [3.05, 3.63) is 11.6 Å². The van der Waals surface area contributed by atoms with Gasteiger partial charge >= 0.3 is 0 Å². The predicted octanol–water partition coefficient (Wildman–Crippen LogP) is 2.01. The number of nitrogens with zero attached hydrogens (tertiary/aromatic N) is 1. The van der Waals surface area contributed by atoms with E-state index in [1.165, 1.54) is 0 Å². The van der Waals surface area contributed by atoms with Crippen LogP contribution in [0.2, 0.25) is 0 Å². The van der Waals surface area contributed by atoms with Gasteiger partial charge in [-0.05, 0) is 31.3 Å². The lowest BCUT2D eigenvalue weighted by Gasteiger charge is -2.36. The van der Waals surface area contributed by atoms with Gasteiger partial charge in [0.15, 0.2) is 0 Å². The lowest BCUT2D eigenvalue weighted by Crippen LogP contribution is -2.34. The van der Waals surface area contributed by atoms with Crippen LogP contribution in [0.25, 0.3) is 0 Å². The van der Waals surface area contributed by atoms with Crippen LogP contribution in [0.4, 0.5) is 0 Å². The third-order valence-electron chi connectivity index (χ3n) is 2.13. The van der Waals surface area contributed by atoms with Crippen LogP contribution < -0.4 is 0 Å². The Labute approximate surface area is 73.5 Å². The van der Waals surface area contributed by atoms with Crippen molar-refractivity contribution in [3.63, 3.8) is 0 Å². The third-order valence-corrected chi connectivity index (χ3v) is 2.13. The second kappa shape index (κ2) is 2.60. The largest absolute Gasteiger partial charge is 0.386 e. The van der Waals surface area contributed by atoms with Crippen LogP contribution in [0.3, 0.4) is 0 Å². The summed E-state index contributed by atoms with van der Waals surface area (Å²) in [4.78, 5) is 0. The molecule has 1 N–H and O–H groups in total. The molecule has 0 saturated carbocycles. The van der Waals surface area contributed by atoms with Gasteiger partial charge in [-0.15, -0.1) is 0 Å². The van der Waals surface area contributed by atoms with E-state index < -0.39 is 5.60 Å². The van der Waals surface area contributed by atoms with E-state index in [0.29, 0.717) is 5.57 Å². The van der Waals surface area contributed by atoms with E-state index in [0.717, 1.165) is 12.8 Å². The van der Waals surface area contributed by atoms with E-state index in [2.05, 4.69) is 19.9 Å². The summed E-state index contributed by atoms with van der Waals surface area (Å²) >= 11 is 0. The van der Waals surface area contributed by atoms with Crippen molar-refractivity contribution in [2.75, 3.05) is 0 Å². The summed E-state index contributed by atoms with van der Waals surface area (Å²) in [6, 6.07) is 2.12. The molecule has 2 heteroatoms. The molecule has 0 heterocycles. The zero-order valence-electron chi connectivity index (χ0n) is 7.89. The van der Waals surface area contributed by atoms with Crippen molar-refractivity contribution in [1.29, 1.82) is 5.26 Å². The first-order valence-electron chi connectivity index (χ1n) is 4.19. The van der Waals surface area contributed by atoms with Crippen LogP contribution in [0.5, 0.6) is 0 Å². The van der Waals surface area contributed by atoms with Gasteiger partial charge in [0, 0.05) is 5.57 Å². The molecule has 0 spiro atoms. The van der Waals surface area contributed by atoms with Crippen molar-refractivity contribution in [3.8, 4) is 6.07 Å². The minimum Gasteiger partial charge on any atom is -0.386 e. The highest BCUT2D eigenvalue weighted by Gasteiger charge is 2.34. The van der Waals surface area contributed by atoms with Crippen molar-refractivity contribution in [2.24, 2.45) is 5.41 Å². The SMILES string of the molecule is CC1(O)C=C(C#N)CC(C)(C)C1. The quantitative estimate of drug-likeness (QED) is 0.596. The number of nitriles is 1. The van der Waals surface area contributed by atoms with Crippen LogP contribution in [0, 0.1) is 16.7 Å². The molecule has 0 fully saturated rings. The molecule has 1 unspecified atom stereocenters. The lowest BCUT2D eigenvalue weighted by molar-refractivity contribution is 0.0489. The second-order valence-corrected chi connectivity index (χ2v) is 4.66. The summed E-state index contributed by atoms with van der Waals surface area (Å²) in [5, 5.41) is 18.5. The van der Waals surface area contributed by atoms with E-state index >= 15 is 0 Å². The molecule has 66 valence electrons. The highest BCUT2D eigenvalue weighted by molar-refractivity contribution is 5.28. The summed E-state index contributed by atoms with van der Waals surface area (Å²) in [6.45, 7) is 5.91. The van der Waals surface area contributed by atoms with Gasteiger partial charge in [-0.1, -0.05) is 13.8 Å². The molecule has 0 saturated heterocycles. The molecular weight excluding hydrogens is 150 g/mol. The van der Waals surface area contributed by atoms with E-state index in [-0.39, 0.29) is 5.41 Å². The molecule has 1 aliphatic carbocycles. The molecule has 2 nitrogen and oxygen atoms in total. The minimum atomic E-state index is -0.799. The van der Waals surface area contributed by atoms with E-state index in [4.69, 9.17) is 5.26 Å². The summed E-state index contributed by atoms with van der Waals surface area (Å²) in [6.07, 6.45) is 3.18. The van der Waals surface area contributed by atoms with Gasteiger partial charge in [0.25, 0.3) is 0 Å². The maximum absolute atomic E-state index is 9.78. The monoisotopic (exact) mass is 165 g/mol. The van der Waals surface area contributed by atoms with Gasteiger partial charge in [-0.2, -0.15) is 5.26 Å². The Balaban J connectivity index is 2.96. The summed E-state index contributed by atoms with van der Waals surface area (Å²) in [5.41, 5.74) is -0.0490. The first-order chi connectivity index (χ1) is 5.35. The smallest absolute Gasteiger partial charge is 0.0945 e. The Bertz CT molecular complexity index is 256. The second-order valence-electron chi connectivity index (χ2n) is 4.66. The lowest BCUT2D eigenvalue weighted by atomic mass is 9.72. The van der Waals surface area contributed by atoms with Crippen LogP contribution in [0.15, 0.2) is 11.6 Å². The van der Waals surface area contributed by atoms with Crippen LogP contribution in [-0.4, -0.2) is 10.7 Å². The molecule has 0 bridgehead atoms. The highest BCUT2D eigenvalue weighted by atomic mass is 16.3. The molecule has 0 aromatic heterocycles. The zero-order valence-corrected chi connectivity index (χ0v) is 7.89. The Morgan fingerprint density at radius 2 is 2.08 bits per heavy atom. The average molecular weight is 165 g/mol. The van der Waals surface area contributed by atoms with Gasteiger partial charge in [0.2, 0.25) is 0 Å². The van der Waals surface area contributed by atoms with Crippen LogP contribution in [0.1, 0.15) is 33.6 Å². The minimum absolute atomic E-state index is 0.0450. The topological polar surface area (TPSA) is 44.0 Å². The molecule has 1 aliphatic rings. The van der Waals surface area contributed by atoms with Crippen molar-refractivity contribution in [1.82, 2.24) is 0 Å². The van der Waals surface area contributed by atoms with E-state index in [1.54, 1.807) is 13.0 Å². The molecule has 1 rings (SSSR count). The molecular formula is C10H15NO. The summed E-state index contributed by atoms with van der Waals surface area (Å²) in [7, 11) is 0. The van der Waals surface area contributed by atoms with Crippen molar-refractivity contribution in [2.45, 2.75) is 39.2 Å². The number of aliphatic hydroxyl groups is 1. The normalized spacial score (nSPS) is 33.8. The number of hydrogen-bond donors (Lipinski definition) is 1. The molecule has 0 aliphatic heterocycles. The van der Waals surface area contributed by atoms with Crippen LogP contribution >= 0.6 is 0 Å². The van der Waals surface area contributed by atoms with Crippen molar-refractivity contribution >= 4 is 0 Å². The summed E-state index contributed by atoms with van der Waals surface area (Å²) < 4.78 is 0. The van der Waals surface area contributed by atoms with Crippen LogP contribution in [-0.2, 0) is 0 Å². The van der Waals surface area contributed by atoms with Gasteiger partial charge in [0.05, 0.1) is 11.7 Å². The van der Waals surface area contributed by atoms with Gasteiger partial charge in [0.1, 0.15) is 0 Å². The molecule has 1 atom stereocenters. The Morgan fingerprint density at radius 1 is 1.50 bits per heavy atom. The maximum Gasteiger partial charge on any atom is 0.0945 e. The number of hydrogen-bond acceptors (Lipinski definition) is 2. The summed E-state index contributed by atoms with van der Waals surface area (Å²) in [5.74, 6) is 0. The van der Waals surface area contributed by atoms with Crippen molar-refractivity contribution < 1.29 is 5.11 Å². The molecule has 12 heavy (non-hydrogen) atoms. The fourth-order valence-electron chi connectivity index (χ4n) is 2.10. The number of allylic oxidation sites excluding steroid dienone is 1. The van der Waals surface area contributed by atoms with E-state index in [1.807, 2.05) is 0 Å². The Morgan fingerprint density at radius 3 is 2.50 bits per heavy atom. The molecule has 0 aromatic rings. The highest BCUT2D eigenvalue weighted by Crippen LogP contribution is 2.39. The molecule has 0 amide bonds. The Kier molecular flexibility index (Phi) is 2.01. The molecule has 0 aromatic carbocycles. The standard InChI is InChI=1S/C10H15NO/c1-9(2)4-8(6-11)5-10(3,12)7-9/h5,12H,4,7H2,1-3H3. The zero-order chi connectivity index (χ0) is 9.41. The number of rotatable bonds is 0. The van der Waals surface area contributed by atoms with Gasteiger partial charge < -0.3 is 5.11 Å². The Hall–Kier alpha value is -0.810. The fourth-order valence-corrected chi connectivity index (χ4v) is 2.10. The first kappa shape index (κ1) is 9.28. The fraction of sp³-hybridized carbons (Fsp3) is 0.700.